The first-order valence-electron chi connectivity index (χ1n) is 7.20. The molecule has 0 aliphatic carbocycles. The Bertz CT molecular complexity index is 489. The molecule has 1 aromatic carbocycles. The third kappa shape index (κ3) is 4.07. The van der Waals surface area contributed by atoms with Crippen molar-refractivity contribution in [3.8, 4) is 6.07 Å². The fourth-order valence-corrected chi connectivity index (χ4v) is 2.62. The monoisotopic (exact) mass is 271 g/mol. The number of carbonyl (C=O) groups is 1. The first-order chi connectivity index (χ1) is 9.69. The molecule has 20 heavy (non-hydrogen) atoms. The van der Waals surface area contributed by atoms with Crippen LogP contribution in [-0.4, -0.2) is 37.0 Å². The molecule has 106 valence electrons. The Morgan fingerprint density at radius 1 is 1.45 bits per heavy atom. The Labute approximate surface area is 120 Å². The van der Waals surface area contributed by atoms with E-state index in [0.717, 1.165) is 25.6 Å². The molecule has 0 radical (unpaired) electrons. The van der Waals surface area contributed by atoms with Crippen molar-refractivity contribution >= 4 is 5.91 Å². The number of hydrogen-bond acceptors (Lipinski definition) is 3. The number of benzene rings is 1. The van der Waals surface area contributed by atoms with Gasteiger partial charge in [0.05, 0.1) is 11.6 Å². The normalized spacial score (nSPS) is 19.3. The molecule has 1 heterocycles. The van der Waals surface area contributed by atoms with Crippen LogP contribution >= 0.6 is 0 Å². The minimum atomic E-state index is -0.0699. The minimum Gasteiger partial charge on any atom is -0.351 e. The molecule has 2 rings (SSSR count). The molecule has 0 bridgehead atoms. The van der Waals surface area contributed by atoms with E-state index in [1.165, 1.54) is 12.8 Å². The first-order valence-corrected chi connectivity index (χ1v) is 7.20. The average molecular weight is 271 g/mol. The summed E-state index contributed by atoms with van der Waals surface area (Å²) in [6.07, 6.45) is 2.57. The van der Waals surface area contributed by atoms with Gasteiger partial charge in [-0.3, -0.25) is 4.79 Å². The van der Waals surface area contributed by atoms with E-state index in [1.807, 2.05) is 6.07 Å². The van der Waals surface area contributed by atoms with Gasteiger partial charge in [0.2, 0.25) is 0 Å². The molecule has 1 saturated heterocycles. The smallest absolute Gasteiger partial charge is 0.251 e. The third-order valence-electron chi connectivity index (χ3n) is 3.73. The standard InChI is InChI=1S/C16H21N3O/c1-13-3-2-9-19(12-13)10-8-18-16(20)15-6-4-14(11-17)5-7-15/h4-7,13H,2-3,8-10,12H2,1H3,(H,18,20). The van der Waals surface area contributed by atoms with Crippen molar-refractivity contribution < 1.29 is 4.79 Å². The lowest BCUT2D eigenvalue weighted by Crippen LogP contribution is -2.40. The molecule has 1 fully saturated rings. The van der Waals surface area contributed by atoms with Crippen LogP contribution in [0.15, 0.2) is 24.3 Å². The van der Waals surface area contributed by atoms with Crippen molar-refractivity contribution in [3.63, 3.8) is 0 Å². The topological polar surface area (TPSA) is 56.1 Å². The van der Waals surface area contributed by atoms with Crippen LogP contribution in [0.5, 0.6) is 0 Å². The van der Waals surface area contributed by atoms with E-state index in [-0.39, 0.29) is 5.91 Å². The molecule has 1 aliphatic heterocycles. The second kappa shape index (κ2) is 7.06. The van der Waals surface area contributed by atoms with E-state index in [2.05, 4.69) is 17.1 Å². The van der Waals surface area contributed by atoms with Crippen molar-refractivity contribution in [2.45, 2.75) is 19.8 Å². The zero-order valence-electron chi connectivity index (χ0n) is 11.9. The van der Waals surface area contributed by atoms with Crippen molar-refractivity contribution in [2.75, 3.05) is 26.2 Å². The molecule has 0 saturated carbocycles. The highest BCUT2D eigenvalue weighted by molar-refractivity contribution is 5.94. The first kappa shape index (κ1) is 14.5. The highest BCUT2D eigenvalue weighted by Gasteiger charge is 2.15. The number of nitriles is 1. The molecule has 1 aliphatic rings. The number of rotatable bonds is 4. The van der Waals surface area contributed by atoms with Crippen molar-refractivity contribution in [1.82, 2.24) is 10.2 Å². The van der Waals surface area contributed by atoms with E-state index in [4.69, 9.17) is 5.26 Å². The Hall–Kier alpha value is -1.86. The molecule has 1 aromatic rings. The van der Waals surface area contributed by atoms with Gasteiger partial charge in [-0.2, -0.15) is 5.26 Å². The zero-order valence-corrected chi connectivity index (χ0v) is 11.9. The number of likely N-dealkylation sites (tertiary alicyclic amines) is 1. The van der Waals surface area contributed by atoms with Crippen LogP contribution in [0.25, 0.3) is 0 Å². The number of hydrogen-bond donors (Lipinski definition) is 1. The quantitative estimate of drug-likeness (QED) is 0.911. The number of nitrogens with zero attached hydrogens (tertiary/aromatic N) is 2. The Morgan fingerprint density at radius 2 is 2.20 bits per heavy atom. The molecule has 1 unspecified atom stereocenters. The predicted molar refractivity (Wildman–Crippen MR) is 78.3 cm³/mol. The van der Waals surface area contributed by atoms with E-state index < -0.39 is 0 Å². The van der Waals surface area contributed by atoms with Crippen LogP contribution < -0.4 is 5.32 Å². The largest absolute Gasteiger partial charge is 0.351 e. The summed E-state index contributed by atoms with van der Waals surface area (Å²) < 4.78 is 0. The van der Waals surface area contributed by atoms with Gasteiger partial charge < -0.3 is 10.2 Å². The van der Waals surface area contributed by atoms with Crippen molar-refractivity contribution in [2.24, 2.45) is 5.92 Å². The SMILES string of the molecule is CC1CCCN(CCNC(=O)c2ccc(C#N)cc2)C1. The fourth-order valence-electron chi connectivity index (χ4n) is 2.62. The summed E-state index contributed by atoms with van der Waals surface area (Å²) in [5.74, 6) is 0.692. The average Bonchev–Trinajstić information content (AvgIpc) is 2.47. The maximum Gasteiger partial charge on any atom is 0.251 e. The van der Waals surface area contributed by atoms with Crippen LogP contribution in [0.4, 0.5) is 0 Å². The third-order valence-corrected chi connectivity index (χ3v) is 3.73. The van der Waals surface area contributed by atoms with Crippen LogP contribution in [0.2, 0.25) is 0 Å². The summed E-state index contributed by atoms with van der Waals surface area (Å²) in [5.41, 5.74) is 1.18. The predicted octanol–water partition coefficient (Wildman–Crippen LogP) is 2.02. The second-order valence-electron chi connectivity index (χ2n) is 5.49. The van der Waals surface area contributed by atoms with Gasteiger partial charge in [0.25, 0.3) is 5.91 Å². The van der Waals surface area contributed by atoms with Crippen LogP contribution in [0.1, 0.15) is 35.7 Å². The Morgan fingerprint density at radius 3 is 2.85 bits per heavy atom. The van der Waals surface area contributed by atoms with Crippen LogP contribution in [0.3, 0.4) is 0 Å². The van der Waals surface area contributed by atoms with Gasteiger partial charge in [-0.25, -0.2) is 0 Å². The number of carbonyl (C=O) groups excluding carboxylic acids is 1. The lowest BCUT2D eigenvalue weighted by molar-refractivity contribution is 0.0944. The summed E-state index contributed by atoms with van der Waals surface area (Å²) in [5, 5.41) is 11.7. The molecule has 0 spiro atoms. The van der Waals surface area contributed by atoms with Gasteiger partial charge in [0, 0.05) is 25.2 Å². The summed E-state index contributed by atoms with van der Waals surface area (Å²) in [4.78, 5) is 14.3. The van der Waals surface area contributed by atoms with Gasteiger partial charge in [-0.05, 0) is 49.6 Å². The van der Waals surface area contributed by atoms with Gasteiger partial charge in [-0.15, -0.1) is 0 Å². The molecular weight excluding hydrogens is 250 g/mol. The maximum atomic E-state index is 11.9. The lowest BCUT2D eigenvalue weighted by Gasteiger charge is -2.30. The summed E-state index contributed by atoms with van der Waals surface area (Å²) in [6, 6.07) is 8.76. The Balaban J connectivity index is 1.75. The molecular formula is C16H21N3O. The highest BCUT2D eigenvalue weighted by atomic mass is 16.1. The van der Waals surface area contributed by atoms with E-state index >= 15 is 0 Å². The molecule has 1 N–H and O–H groups in total. The van der Waals surface area contributed by atoms with Crippen LogP contribution in [0, 0.1) is 17.2 Å². The maximum absolute atomic E-state index is 11.9. The van der Waals surface area contributed by atoms with Gasteiger partial charge >= 0.3 is 0 Å². The zero-order chi connectivity index (χ0) is 14.4. The highest BCUT2D eigenvalue weighted by Crippen LogP contribution is 2.14. The summed E-state index contributed by atoms with van der Waals surface area (Å²) >= 11 is 0. The van der Waals surface area contributed by atoms with E-state index in [0.29, 0.717) is 17.7 Å². The van der Waals surface area contributed by atoms with E-state index in [1.54, 1.807) is 24.3 Å². The molecule has 4 heteroatoms. The minimum absolute atomic E-state index is 0.0699. The number of nitrogens with one attached hydrogen (secondary N) is 1. The van der Waals surface area contributed by atoms with Crippen LogP contribution in [-0.2, 0) is 0 Å². The Kier molecular flexibility index (Phi) is 5.14. The summed E-state index contributed by atoms with van der Waals surface area (Å²) in [7, 11) is 0. The van der Waals surface area contributed by atoms with Gasteiger partial charge in [0.15, 0.2) is 0 Å². The number of piperidine rings is 1. The number of amides is 1. The molecule has 1 atom stereocenters. The van der Waals surface area contributed by atoms with Gasteiger partial charge in [0.1, 0.15) is 0 Å². The van der Waals surface area contributed by atoms with E-state index in [9.17, 15) is 4.79 Å². The molecule has 1 amide bonds. The molecule has 0 aromatic heterocycles. The summed E-state index contributed by atoms with van der Waals surface area (Å²) in [6.45, 7) is 6.13. The van der Waals surface area contributed by atoms with Crippen molar-refractivity contribution in [3.05, 3.63) is 35.4 Å². The fraction of sp³-hybridized carbons (Fsp3) is 0.500. The van der Waals surface area contributed by atoms with Gasteiger partial charge in [-0.1, -0.05) is 6.92 Å². The molecule has 4 nitrogen and oxygen atoms in total. The second-order valence-corrected chi connectivity index (χ2v) is 5.49. The lowest BCUT2D eigenvalue weighted by atomic mass is 10.0. The van der Waals surface area contributed by atoms with Crippen molar-refractivity contribution in [1.29, 1.82) is 5.26 Å².